The Labute approximate surface area is 209 Å². The molecule has 34 heavy (non-hydrogen) atoms. The van der Waals surface area contributed by atoms with Crippen LogP contribution >= 0.6 is 0 Å². The molecule has 0 radical (unpaired) electrons. The van der Waals surface area contributed by atoms with Crippen LogP contribution in [0.1, 0.15) is 117 Å². The van der Waals surface area contributed by atoms with Gasteiger partial charge in [0, 0.05) is 19.1 Å². The molecule has 0 aromatic carbocycles. The molecule has 0 bridgehead atoms. The summed E-state index contributed by atoms with van der Waals surface area (Å²) in [5.74, 6) is 3.59. The number of rotatable bonds is 8. The van der Waals surface area contributed by atoms with Crippen molar-refractivity contribution in [1.82, 2.24) is 4.90 Å². The topological polar surface area (TPSA) is 38.8 Å². The van der Waals surface area contributed by atoms with Crippen LogP contribution in [0.5, 0.6) is 0 Å². The Kier molecular flexibility index (Phi) is 10.8. The summed E-state index contributed by atoms with van der Waals surface area (Å²) in [6, 6.07) is 0.840. The average molecular weight is 476 g/mol. The smallest absolute Gasteiger partial charge is 0.158 e. The number of hydrogen-bond acceptors (Lipinski definition) is 4. The van der Waals surface area contributed by atoms with Crippen LogP contribution < -0.4 is 0 Å². The van der Waals surface area contributed by atoms with Gasteiger partial charge >= 0.3 is 0 Å². The van der Waals surface area contributed by atoms with Gasteiger partial charge < -0.3 is 14.4 Å². The first-order valence-electron chi connectivity index (χ1n) is 15.1. The van der Waals surface area contributed by atoms with E-state index in [1.165, 1.54) is 103 Å². The van der Waals surface area contributed by atoms with Crippen molar-refractivity contribution in [3.8, 4) is 0 Å². The van der Waals surface area contributed by atoms with Gasteiger partial charge in [0.2, 0.25) is 0 Å². The molecule has 2 aliphatic heterocycles. The highest BCUT2D eigenvalue weighted by Crippen LogP contribution is 2.38. The minimum absolute atomic E-state index is 0.342. The molecule has 2 saturated carbocycles. The van der Waals surface area contributed by atoms with Crippen molar-refractivity contribution in [1.29, 1.82) is 0 Å². The second kappa shape index (κ2) is 13.7. The predicted octanol–water partition coefficient (Wildman–Crippen LogP) is 6.80. The van der Waals surface area contributed by atoms with Crippen LogP contribution in [0.25, 0.3) is 0 Å². The summed E-state index contributed by atoms with van der Waals surface area (Å²) in [7, 11) is 0. The lowest BCUT2D eigenvalue weighted by atomic mass is 9.75. The number of fused-ring (bicyclic) bond motifs is 1. The van der Waals surface area contributed by atoms with Gasteiger partial charge in [-0.25, -0.2) is 0 Å². The van der Waals surface area contributed by atoms with Crippen molar-refractivity contribution in [3.63, 3.8) is 0 Å². The van der Waals surface area contributed by atoms with Crippen LogP contribution in [0.3, 0.4) is 0 Å². The Hall–Kier alpha value is -0.450. The molecule has 2 saturated heterocycles. The van der Waals surface area contributed by atoms with E-state index in [4.69, 9.17) is 9.47 Å². The zero-order valence-electron chi connectivity index (χ0n) is 22.4. The van der Waals surface area contributed by atoms with Crippen molar-refractivity contribution >= 4 is 5.78 Å². The monoisotopic (exact) mass is 475 g/mol. The molecule has 4 fully saturated rings. The second-order valence-electron chi connectivity index (χ2n) is 12.5. The molecule has 1 unspecified atom stereocenters. The highest BCUT2D eigenvalue weighted by molar-refractivity contribution is 5.79. The highest BCUT2D eigenvalue weighted by atomic mass is 16.5. The molecular formula is C30H53NO3. The van der Waals surface area contributed by atoms with Crippen LogP contribution in [0, 0.1) is 23.7 Å². The summed E-state index contributed by atoms with van der Waals surface area (Å²) < 4.78 is 11.8. The summed E-state index contributed by atoms with van der Waals surface area (Å²) in [4.78, 5) is 15.1. The average Bonchev–Trinajstić information content (AvgIpc) is 2.92. The Morgan fingerprint density at radius 2 is 1.68 bits per heavy atom. The van der Waals surface area contributed by atoms with E-state index >= 15 is 0 Å². The number of carbonyl (C=O) groups excluding carboxylic acids is 1. The summed E-state index contributed by atoms with van der Waals surface area (Å²) in [5, 5.41) is 0. The van der Waals surface area contributed by atoms with E-state index in [2.05, 4.69) is 18.7 Å². The van der Waals surface area contributed by atoms with Crippen LogP contribution in [0.2, 0.25) is 0 Å². The largest absolute Gasteiger partial charge is 0.379 e. The van der Waals surface area contributed by atoms with E-state index in [9.17, 15) is 4.79 Å². The van der Waals surface area contributed by atoms with Crippen molar-refractivity contribution in [2.24, 2.45) is 23.7 Å². The zero-order valence-corrected chi connectivity index (χ0v) is 22.4. The van der Waals surface area contributed by atoms with Gasteiger partial charge in [-0.15, -0.1) is 0 Å². The number of ether oxygens (including phenoxy) is 2. The number of Topliss-reactive ketones (excluding diaryl/α,β-unsaturated/α-hetero) is 1. The van der Waals surface area contributed by atoms with Crippen molar-refractivity contribution < 1.29 is 14.3 Å². The maximum Gasteiger partial charge on any atom is 0.158 e. The number of hydrogen-bond donors (Lipinski definition) is 0. The van der Waals surface area contributed by atoms with Crippen LogP contribution in [0.4, 0.5) is 0 Å². The second-order valence-corrected chi connectivity index (χ2v) is 12.5. The molecule has 4 heteroatoms. The Balaban J connectivity index is 1.16. The lowest BCUT2D eigenvalue weighted by Gasteiger charge is -2.41. The van der Waals surface area contributed by atoms with Gasteiger partial charge in [-0.3, -0.25) is 4.79 Å². The molecule has 0 N–H and O–H groups in total. The lowest BCUT2D eigenvalue weighted by Crippen LogP contribution is -2.43. The molecule has 2 aliphatic carbocycles. The van der Waals surface area contributed by atoms with Gasteiger partial charge in [0.1, 0.15) is 6.61 Å². The van der Waals surface area contributed by atoms with Gasteiger partial charge in [-0.05, 0) is 134 Å². The lowest BCUT2D eigenvalue weighted by molar-refractivity contribution is -0.127. The fourth-order valence-corrected chi connectivity index (χ4v) is 7.57. The zero-order chi connectivity index (χ0) is 23.8. The number of nitrogens with zero attached hydrogens (tertiary/aromatic N) is 1. The fourth-order valence-electron chi connectivity index (χ4n) is 7.57. The van der Waals surface area contributed by atoms with Crippen molar-refractivity contribution in [3.05, 3.63) is 0 Å². The molecule has 4 rings (SSSR count). The third kappa shape index (κ3) is 8.30. The fraction of sp³-hybridized carbons (Fsp3) is 0.967. The SMILES string of the molecule is CC(C)OCCCC1CCC(N2CCC(CC3CCC(=O)CO[C@H]4CCCC[C@@H]4C3)CC2)CC1. The minimum Gasteiger partial charge on any atom is -0.379 e. The van der Waals surface area contributed by atoms with E-state index in [0.29, 0.717) is 30.5 Å². The molecule has 4 aliphatic rings. The number of likely N-dealkylation sites (tertiary alicyclic amines) is 1. The van der Waals surface area contributed by atoms with Crippen LogP contribution in [0.15, 0.2) is 0 Å². The van der Waals surface area contributed by atoms with Gasteiger partial charge in [-0.1, -0.05) is 12.8 Å². The van der Waals surface area contributed by atoms with Crippen molar-refractivity contribution in [2.45, 2.75) is 135 Å². The molecule has 3 atom stereocenters. The molecule has 2 heterocycles. The molecule has 196 valence electrons. The summed E-state index contributed by atoms with van der Waals surface area (Å²) >= 11 is 0. The maximum absolute atomic E-state index is 12.3. The first-order valence-corrected chi connectivity index (χ1v) is 15.1. The summed E-state index contributed by atoms with van der Waals surface area (Å²) in [6.07, 6.45) is 21.4. The van der Waals surface area contributed by atoms with Crippen molar-refractivity contribution in [2.75, 3.05) is 26.3 Å². The summed E-state index contributed by atoms with van der Waals surface area (Å²) in [6.45, 7) is 8.20. The van der Waals surface area contributed by atoms with Crippen LogP contribution in [-0.2, 0) is 14.3 Å². The molecule has 0 amide bonds. The molecule has 0 aromatic heterocycles. The maximum atomic E-state index is 12.3. The first kappa shape index (κ1) is 26.6. The number of piperidine rings is 1. The molecule has 4 nitrogen and oxygen atoms in total. The third-order valence-corrected chi connectivity index (χ3v) is 9.62. The Bertz CT molecular complexity index is 592. The first-order chi connectivity index (χ1) is 16.6. The van der Waals surface area contributed by atoms with E-state index in [1.54, 1.807) is 0 Å². The Morgan fingerprint density at radius 1 is 0.912 bits per heavy atom. The number of carbonyl (C=O) groups is 1. The van der Waals surface area contributed by atoms with E-state index in [-0.39, 0.29) is 0 Å². The summed E-state index contributed by atoms with van der Waals surface area (Å²) in [5.41, 5.74) is 0. The van der Waals surface area contributed by atoms with Gasteiger partial charge in [-0.2, -0.15) is 0 Å². The van der Waals surface area contributed by atoms with Gasteiger partial charge in [0.15, 0.2) is 5.78 Å². The van der Waals surface area contributed by atoms with E-state index in [1.807, 2.05) is 0 Å². The quantitative estimate of drug-likeness (QED) is 0.362. The van der Waals surface area contributed by atoms with Crippen LogP contribution in [-0.4, -0.2) is 55.2 Å². The predicted molar refractivity (Wildman–Crippen MR) is 139 cm³/mol. The van der Waals surface area contributed by atoms with E-state index < -0.39 is 0 Å². The molecule has 0 aromatic rings. The third-order valence-electron chi connectivity index (χ3n) is 9.62. The van der Waals surface area contributed by atoms with Gasteiger partial charge in [0.05, 0.1) is 12.2 Å². The standard InChI is InChI=1S/C30H53NO3/c1-23(2)33-19-5-6-24-9-12-28(13-10-24)31-17-15-25(16-18-31)20-26-11-14-29(32)22-34-30-8-4-3-7-27(30)21-26/h23-28,30H,3-22H2,1-2H3/t24?,26?,27-,28?,30+/m1/s1. The highest BCUT2D eigenvalue weighted by Gasteiger charge is 2.33. The van der Waals surface area contributed by atoms with Gasteiger partial charge in [0.25, 0.3) is 0 Å². The Morgan fingerprint density at radius 3 is 2.44 bits per heavy atom. The molecular weight excluding hydrogens is 422 g/mol. The number of ketones is 1. The molecule has 0 spiro atoms. The normalized spacial score (nSPS) is 34.9. The minimum atomic E-state index is 0.342. The van der Waals surface area contributed by atoms with E-state index in [0.717, 1.165) is 43.2 Å².